The van der Waals surface area contributed by atoms with Gasteiger partial charge in [-0.15, -0.1) is 0 Å². The summed E-state index contributed by atoms with van der Waals surface area (Å²) >= 11 is 0. The molecule has 0 aliphatic heterocycles. The Morgan fingerprint density at radius 3 is 1.14 bits per heavy atom. The molecule has 0 saturated carbocycles. The van der Waals surface area contributed by atoms with Crippen LogP contribution in [0.4, 0.5) is 0 Å². The Morgan fingerprint density at radius 1 is 0.431 bits per heavy atom. The second-order valence-electron chi connectivity index (χ2n) is 20.0. The topological polar surface area (TPSA) is 95.9 Å². The lowest BCUT2D eigenvalue weighted by Crippen LogP contribution is -2.45. The van der Waals surface area contributed by atoms with E-state index in [1.165, 1.54) is 205 Å². The van der Waals surface area contributed by atoms with Gasteiger partial charge in [-0.05, 0) is 57.8 Å². The molecule has 0 spiro atoms. The first kappa shape index (κ1) is 63.3. The van der Waals surface area contributed by atoms with Gasteiger partial charge in [0.2, 0.25) is 5.91 Å². The van der Waals surface area contributed by atoms with Crippen LogP contribution in [-0.4, -0.2) is 47.4 Å². The minimum absolute atomic E-state index is 0.0183. The van der Waals surface area contributed by atoms with Gasteiger partial charge in [-0.3, -0.25) is 9.59 Å². The Balaban J connectivity index is 3.50. The number of unbranched alkanes of at least 4 members (excludes halogenated alkanes) is 40. The average Bonchev–Trinajstić information content (AvgIpc) is 3.31. The predicted octanol–water partition coefficient (Wildman–Crippen LogP) is 17.9. The number of hydrogen-bond acceptors (Lipinski definition) is 5. The number of amides is 1. The fourth-order valence-corrected chi connectivity index (χ4v) is 9.04. The van der Waals surface area contributed by atoms with Crippen molar-refractivity contribution < 1.29 is 24.5 Å². The van der Waals surface area contributed by atoms with Gasteiger partial charge < -0.3 is 20.3 Å². The number of ether oxygens (including phenoxy) is 1. The Bertz CT molecular complexity index is 1010. The summed E-state index contributed by atoms with van der Waals surface area (Å²) < 4.78 is 5.45. The number of carbonyl (C=O) groups is 2. The summed E-state index contributed by atoms with van der Waals surface area (Å²) in [7, 11) is 0. The lowest BCUT2D eigenvalue weighted by Gasteiger charge is -2.22. The second kappa shape index (κ2) is 54.9. The molecule has 1 amide bonds. The van der Waals surface area contributed by atoms with Gasteiger partial charge in [0.25, 0.3) is 0 Å². The van der Waals surface area contributed by atoms with Crippen molar-refractivity contribution >= 4 is 11.9 Å². The molecule has 2 atom stereocenters. The molecule has 384 valence electrons. The molecule has 0 saturated heterocycles. The molecule has 0 aliphatic rings. The van der Waals surface area contributed by atoms with Crippen LogP contribution >= 0.6 is 0 Å². The van der Waals surface area contributed by atoms with Crippen LogP contribution in [0.5, 0.6) is 0 Å². The first-order chi connectivity index (χ1) is 32.0. The van der Waals surface area contributed by atoms with Gasteiger partial charge in [-0.1, -0.05) is 269 Å². The smallest absolute Gasteiger partial charge is 0.305 e. The second-order valence-corrected chi connectivity index (χ2v) is 20.0. The molecule has 0 aromatic heterocycles. The Hall–Kier alpha value is -1.66. The Morgan fingerprint density at radius 2 is 0.754 bits per heavy atom. The van der Waals surface area contributed by atoms with Crippen molar-refractivity contribution in [1.82, 2.24) is 5.32 Å². The van der Waals surface area contributed by atoms with E-state index in [1.807, 2.05) is 0 Å². The van der Waals surface area contributed by atoms with E-state index in [9.17, 15) is 19.8 Å². The van der Waals surface area contributed by atoms with Gasteiger partial charge in [0.1, 0.15) is 0 Å². The Labute approximate surface area is 405 Å². The monoisotopic (exact) mass is 916 g/mol. The molecule has 0 rings (SSSR count). The van der Waals surface area contributed by atoms with Crippen molar-refractivity contribution in [3.05, 3.63) is 24.3 Å². The summed E-state index contributed by atoms with van der Waals surface area (Å²) in [6.45, 7) is 4.92. The lowest BCUT2D eigenvalue weighted by atomic mass is 10.0. The van der Waals surface area contributed by atoms with E-state index in [0.717, 1.165) is 77.0 Å². The van der Waals surface area contributed by atoms with Crippen LogP contribution in [0.1, 0.15) is 316 Å². The van der Waals surface area contributed by atoms with Gasteiger partial charge in [-0.25, -0.2) is 0 Å². The fourth-order valence-electron chi connectivity index (χ4n) is 9.04. The maximum Gasteiger partial charge on any atom is 0.305 e. The highest BCUT2D eigenvalue weighted by atomic mass is 16.5. The number of nitrogens with one attached hydrogen (secondary N) is 1. The Kier molecular flexibility index (Phi) is 53.5. The highest BCUT2D eigenvalue weighted by Gasteiger charge is 2.20. The molecule has 6 nitrogen and oxygen atoms in total. The summed E-state index contributed by atoms with van der Waals surface area (Å²) in [6, 6.07) is -0.558. The van der Waals surface area contributed by atoms with Gasteiger partial charge in [-0.2, -0.15) is 0 Å². The van der Waals surface area contributed by atoms with E-state index in [0.29, 0.717) is 25.9 Å². The highest BCUT2D eigenvalue weighted by molar-refractivity contribution is 5.76. The molecular formula is C59H113NO5. The van der Waals surface area contributed by atoms with Crippen LogP contribution in [-0.2, 0) is 14.3 Å². The molecule has 0 aromatic rings. The summed E-state index contributed by atoms with van der Waals surface area (Å²) in [5.41, 5.74) is 0. The number of esters is 1. The number of carbonyl (C=O) groups excluding carboxylic acids is 2. The minimum atomic E-state index is -0.679. The quantitative estimate of drug-likeness (QED) is 0.0321. The van der Waals surface area contributed by atoms with E-state index in [-0.39, 0.29) is 18.5 Å². The van der Waals surface area contributed by atoms with E-state index < -0.39 is 12.1 Å². The number of rotatable bonds is 54. The molecular weight excluding hydrogens is 803 g/mol. The van der Waals surface area contributed by atoms with Crippen molar-refractivity contribution in [2.24, 2.45) is 0 Å². The standard InChI is InChI=1S/C59H113NO5/c1-3-5-7-9-11-13-15-17-19-20-21-24-27-31-35-39-43-47-51-57(62)56(55-61)60-58(63)52-48-44-40-36-32-28-25-22-26-30-34-38-42-46-50-54-65-59(64)53-49-45-41-37-33-29-23-18-16-14-12-10-8-6-4-2/h22,26,30,34,56-57,61-62H,3-21,23-25,27-29,31-33,35-55H2,1-2H3,(H,60,63)/b26-22-,34-30-. The van der Waals surface area contributed by atoms with Crippen molar-refractivity contribution in [3.8, 4) is 0 Å². The fraction of sp³-hybridized carbons (Fsp3) is 0.898. The van der Waals surface area contributed by atoms with Crippen molar-refractivity contribution in [1.29, 1.82) is 0 Å². The molecule has 0 bridgehead atoms. The SMILES string of the molecule is CCCCCCCCCCCCCCCCCCCCC(O)C(CO)NC(=O)CCCCCCCC/C=C\C=C/CCCCCOC(=O)CCCCCCCCCCCCCCCCC. The number of aliphatic hydroxyl groups is 2. The molecule has 0 heterocycles. The first-order valence-electron chi connectivity index (χ1n) is 29.1. The zero-order valence-corrected chi connectivity index (χ0v) is 43.7. The predicted molar refractivity (Wildman–Crippen MR) is 283 cm³/mol. The summed E-state index contributed by atoms with van der Waals surface area (Å²) in [5.74, 6) is -0.0734. The van der Waals surface area contributed by atoms with Crippen molar-refractivity contribution in [3.63, 3.8) is 0 Å². The minimum Gasteiger partial charge on any atom is -0.466 e. The third-order valence-corrected chi connectivity index (χ3v) is 13.5. The summed E-state index contributed by atoms with van der Waals surface area (Å²) in [6.07, 6.45) is 66.0. The van der Waals surface area contributed by atoms with Gasteiger partial charge in [0.05, 0.1) is 25.4 Å². The van der Waals surface area contributed by atoms with Crippen LogP contribution < -0.4 is 5.32 Å². The number of allylic oxidation sites excluding steroid dienone is 4. The van der Waals surface area contributed by atoms with Crippen LogP contribution in [0.25, 0.3) is 0 Å². The molecule has 6 heteroatoms. The molecule has 2 unspecified atom stereocenters. The summed E-state index contributed by atoms with van der Waals surface area (Å²) in [4.78, 5) is 24.5. The molecule has 65 heavy (non-hydrogen) atoms. The van der Waals surface area contributed by atoms with Gasteiger partial charge >= 0.3 is 5.97 Å². The molecule has 3 N–H and O–H groups in total. The van der Waals surface area contributed by atoms with Crippen LogP contribution in [0.3, 0.4) is 0 Å². The van der Waals surface area contributed by atoms with Crippen LogP contribution in [0.15, 0.2) is 24.3 Å². The van der Waals surface area contributed by atoms with E-state index in [4.69, 9.17) is 4.74 Å². The third kappa shape index (κ3) is 51.6. The zero-order chi connectivity index (χ0) is 47.2. The van der Waals surface area contributed by atoms with Crippen molar-refractivity contribution in [2.45, 2.75) is 328 Å². The molecule has 0 radical (unpaired) electrons. The maximum atomic E-state index is 12.5. The first-order valence-corrected chi connectivity index (χ1v) is 29.1. The normalized spacial score (nSPS) is 12.7. The molecule has 0 aromatic carbocycles. The lowest BCUT2D eigenvalue weighted by molar-refractivity contribution is -0.143. The van der Waals surface area contributed by atoms with E-state index in [2.05, 4.69) is 43.5 Å². The number of hydrogen-bond donors (Lipinski definition) is 3. The van der Waals surface area contributed by atoms with Crippen LogP contribution in [0, 0.1) is 0 Å². The van der Waals surface area contributed by atoms with E-state index in [1.54, 1.807) is 0 Å². The average molecular weight is 917 g/mol. The largest absolute Gasteiger partial charge is 0.466 e. The van der Waals surface area contributed by atoms with Crippen LogP contribution in [0.2, 0.25) is 0 Å². The highest BCUT2D eigenvalue weighted by Crippen LogP contribution is 2.17. The van der Waals surface area contributed by atoms with Crippen molar-refractivity contribution in [2.75, 3.05) is 13.2 Å². The summed E-state index contributed by atoms with van der Waals surface area (Å²) in [5, 5.41) is 23.3. The zero-order valence-electron chi connectivity index (χ0n) is 43.7. The van der Waals surface area contributed by atoms with Gasteiger partial charge in [0, 0.05) is 12.8 Å². The molecule has 0 aliphatic carbocycles. The van der Waals surface area contributed by atoms with E-state index >= 15 is 0 Å². The van der Waals surface area contributed by atoms with Gasteiger partial charge in [0.15, 0.2) is 0 Å². The number of aliphatic hydroxyl groups excluding tert-OH is 2. The maximum absolute atomic E-state index is 12.5. The third-order valence-electron chi connectivity index (χ3n) is 13.5. The molecule has 0 fully saturated rings.